The van der Waals surface area contributed by atoms with Crippen LogP contribution >= 0.6 is 11.8 Å². The zero-order valence-corrected chi connectivity index (χ0v) is 20.0. The smallest absolute Gasteiger partial charge is 0.260 e. The second kappa shape index (κ2) is 9.95. The Morgan fingerprint density at radius 1 is 1.12 bits per heavy atom. The minimum absolute atomic E-state index is 0.0213. The molecule has 0 bridgehead atoms. The van der Waals surface area contributed by atoms with Gasteiger partial charge in [-0.3, -0.25) is 9.59 Å². The molecule has 3 unspecified atom stereocenters. The first-order valence-corrected chi connectivity index (χ1v) is 12.3. The van der Waals surface area contributed by atoms with Gasteiger partial charge in [0.1, 0.15) is 0 Å². The number of nitrogens with one attached hydrogen (secondary N) is 1. The van der Waals surface area contributed by atoms with Crippen LogP contribution in [0.5, 0.6) is 0 Å². The molecule has 2 amide bonds. The summed E-state index contributed by atoms with van der Waals surface area (Å²) < 4.78 is 0. The summed E-state index contributed by atoms with van der Waals surface area (Å²) in [5.41, 5.74) is 4.75. The molecule has 5 heteroatoms. The standard InChI is InChI=1S/C27H32N2O2S/c1-18-8-10-20(11-9-18)14-15-28-26(30)22-12-13-24-23(16-22)29(3)27(31)25(32-24)17-21-7-5-4-6-19(21)2/h4-11,17,22-24H,12-16H2,1-3H3,(H,28,30)/b25-17-. The van der Waals surface area contributed by atoms with Crippen molar-refractivity contribution in [2.24, 2.45) is 5.92 Å². The lowest BCUT2D eigenvalue weighted by Gasteiger charge is -2.44. The number of aryl methyl sites for hydroxylation is 2. The molecule has 2 aromatic carbocycles. The van der Waals surface area contributed by atoms with Crippen LogP contribution in [0.1, 0.15) is 41.5 Å². The Hall–Kier alpha value is -2.53. The molecule has 2 fully saturated rings. The van der Waals surface area contributed by atoms with Gasteiger partial charge in [-0.15, -0.1) is 11.8 Å². The van der Waals surface area contributed by atoms with Crippen LogP contribution in [-0.4, -0.2) is 41.6 Å². The number of thioether (sulfide) groups is 1. The molecule has 3 atom stereocenters. The number of carbonyl (C=O) groups excluding carboxylic acids is 2. The highest BCUT2D eigenvalue weighted by Crippen LogP contribution is 2.43. The lowest BCUT2D eigenvalue weighted by Crippen LogP contribution is -2.52. The van der Waals surface area contributed by atoms with Gasteiger partial charge in [-0.05, 0) is 62.3 Å². The molecule has 32 heavy (non-hydrogen) atoms. The minimum Gasteiger partial charge on any atom is -0.356 e. The third-order valence-corrected chi connectivity index (χ3v) is 8.14. The summed E-state index contributed by atoms with van der Waals surface area (Å²) >= 11 is 1.70. The second-order valence-corrected chi connectivity index (χ2v) is 10.3. The predicted octanol–water partition coefficient (Wildman–Crippen LogP) is 4.75. The van der Waals surface area contributed by atoms with Crippen molar-refractivity contribution in [1.82, 2.24) is 10.2 Å². The summed E-state index contributed by atoms with van der Waals surface area (Å²) in [5.74, 6) is 0.176. The van der Waals surface area contributed by atoms with Crippen LogP contribution in [0, 0.1) is 19.8 Å². The zero-order chi connectivity index (χ0) is 22.7. The fourth-order valence-electron chi connectivity index (χ4n) is 4.65. The summed E-state index contributed by atoms with van der Waals surface area (Å²) in [5, 5.41) is 3.48. The van der Waals surface area contributed by atoms with Gasteiger partial charge < -0.3 is 10.2 Å². The lowest BCUT2D eigenvalue weighted by molar-refractivity contribution is -0.131. The molecule has 4 nitrogen and oxygen atoms in total. The Morgan fingerprint density at radius 2 is 1.88 bits per heavy atom. The van der Waals surface area contributed by atoms with Gasteiger partial charge in [0, 0.05) is 30.8 Å². The predicted molar refractivity (Wildman–Crippen MR) is 132 cm³/mol. The third kappa shape index (κ3) is 5.09. The van der Waals surface area contributed by atoms with Crippen molar-refractivity contribution < 1.29 is 9.59 Å². The van der Waals surface area contributed by atoms with Gasteiger partial charge >= 0.3 is 0 Å². The number of carbonyl (C=O) groups is 2. The van der Waals surface area contributed by atoms with Crippen LogP contribution < -0.4 is 5.32 Å². The molecular weight excluding hydrogens is 416 g/mol. The summed E-state index contributed by atoms with van der Waals surface area (Å²) in [7, 11) is 1.89. The molecule has 2 aromatic rings. The van der Waals surface area contributed by atoms with E-state index in [2.05, 4.69) is 55.6 Å². The molecule has 1 N–H and O–H groups in total. The van der Waals surface area contributed by atoms with E-state index in [4.69, 9.17) is 0 Å². The molecule has 0 aromatic heterocycles. The number of nitrogens with zero attached hydrogens (tertiary/aromatic N) is 1. The van der Waals surface area contributed by atoms with Gasteiger partial charge in [0.05, 0.1) is 4.91 Å². The van der Waals surface area contributed by atoms with E-state index in [1.165, 1.54) is 16.7 Å². The van der Waals surface area contributed by atoms with Crippen molar-refractivity contribution in [3.63, 3.8) is 0 Å². The van der Waals surface area contributed by atoms with Gasteiger partial charge in [-0.1, -0.05) is 54.1 Å². The Bertz CT molecular complexity index is 1010. The molecule has 1 saturated carbocycles. The molecule has 1 aliphatic carbocycles. The van der Waals surface area contributed by atoms with Crippen LogP contribution in [0.4, 0.5) is 0 Å². The van der Waals surface area contributed by atoms with E-state index in [9.17, 15) is 9.59 Å². The Balaban J connectivity index is 1.35. The fourth-order valence-corrected chi connectivity index (χ4v) is 6.13. The van der Waals surface area contributed by atoms with E-state index in [1.807, 2.05) is 30.2 Å². The molecule has 4 rings (SSSR count). The first kappa shape index (κ1) is 22.7. The maximum Gasteiger partial charge on any atom is 0.260 e. The summed E-state index contributed by atoms with van der Waals surface area (Å²) in [6.07, 6.45) is 5.44. The average Bonchev–Trinajstić information content (AvgIpc) is 2.79. The lowest BCUT2D eigenvalue weighted by atomic mass is 9.83. The number of amides is 2. The van der Waals surface area contributed by atoms with Gasteiger partial charge in [0.2, 0.25) is 5.91 Å². The topological polar surface area (TPSA) is 49.4 Å². The van der Waals surface area contributed by atoms with Gasteiger partial charge in [-0.25, -0.2) is 0 Å². The van der Waals surface area contributed by atoms with E-state index in [1.54, 1.807) is 11.8 Å². The van der Waals surface area contributed by atoms with Gasteiger partial charge in [-0.2, -0.15) is 0 Å². The summed E-state index contributed by atoms with van der Waals surface area (Å²) in [6.45, 7) is 4.80. The van der Waals surface area contributed by atoms with Crippen molar-refractivity contribution in [3.8, 4) is 0 Å². The Labute approximate surface area is 195 Å². The van der Waals surface area contributed by atoms with Crippen molar-refractivity contribution >= 4 is 29.7 Å². The molecule has 168 valence electrons. The number of fused-ring (bicyclic) bond motifs is 1. The molecule has 2 aliphatic rings. The number of likely N-dealkylation sites (N-methyl/N-ethyl adjacent to an activating group) is 1. The number of hydrogen-bond donors (Lipinski definition) is 1. The van der Waals surface area contributed by atoms with E-state index in [-0.39, 0.29) is 23.8 Å². The van der Waals surface area contributed by atoms with E-state index in [0.29, 0.717) is 11.8 Å². The first-order chi connectivity index (χ1) is 15.4. The zero-order valence-electron chi connectivity index (χ0n) is 19.1. The van der Waals surface area contributed by atoms with Gasteiger partial charge in [0.15, 0.2) is 0 Å². The fraction of sp³-hybridized carbons (Fsp3) is 0.407. The van der Waals surface area contributed by atoms with Crippen molar-refractivity contribution in [2.75, 3.05) is 13.6 Å². The second-order valence-electron chi connectivity index (χ2n) is 9.04. The number of benzene rings is 2. The van der Waals surface area contributed by atoms with Gasteiger partial charge in [0.25, 0.3) is 5.91 Å². The normalized spacial score (nSPS) is 24.3. The quantitative estimate of drug-likeness (QED) is 0.672. The summed E-state index contributed by atoms with van der Waals surface area (Å²) in [6, 6.07) is 16.7. The van der Waals surface area contributed by atoms with E-state index >= 15 is 0 Å². The molecule has 0 radical (unpaired) electrons. The maximum absolute atomic E-state index is 13.1. The van der Waals surface area contributed by atoms with Crippen LogP contribution in [-0.2, 0) is 16.0 Å². The molecular formula is C27H32N2O2S. The largest absolute Gasteiger partial charge is 0.356 e. The molecule has 0 spiro atoms. The van der Waals surface area contributed by atoms with E-state index in [0.717, 1.165) is 36.2 Å². The van der Waals surface area contributed by atoms with Crippen molar-refractivity contribution in [3.05, 3.63) is 75.7 Å². The van der Waals surface area contributed by atoms with Crippen molar-refractivity contribution in [1.29, 1.82) is 0 Å². The Morgan fingerprint density at radius 3 is 2.62 bits per heavy atom. The third-order valence-electron chi connectivity index (χ3n) is 6.74. The van der Waals surface area contributed by atoms with Crippen LogP contribution in [0.2, 0.25) is 0 Å². The highest BCUT2D eigenvalue weighted by molar-refractivity contribution is 8.04. The SMILES string of the molecule is Cc1ccc(CCNC(=O)C2CCC3S/C(=C\c4ccccc4C)C(=O)N(C)C3C2)cc1. The van der Waals surface area contributed by atoms with E-state index < -0.39 is 0 Å². The minimum atomic E-state index is -0.0213. The van der Waals surface area contributed by atoms with Crippen LogP contribution in [0.25, 0.3) is 6.08 Å². The summed E-state index contributed by atoms with van der Waals surface area (Å²) in [4.78, 5) is 28.6. The molecule has 1 aliphatic heterocycles. The first-order valence-electron chi connectivity index (χ1n) is 11.5. The number of hydrogen-bond acceptors (Lipinski definition) is 3. The van der Waals surface area contributed by atoms with Crippen molar-refractivity contribution in [2.45, 2.75) is 50.8 Å². The monoisotopic (exact) mass is 448 g/mol. The Kier molecular flexibility index (Phi) is 7.04. The molecule has 1 heterocycles. The maximum atomic E-state index is 13.1. The average molecular weight is 449 g/mol. The highest BCUT2D eigenvalue weighted by Gasteiger charge is 2.42. The van der Waals surface area contributed by atoms with Crippen LogP contribution in [0.15, 0.2) is 53.4 Å². The highest BCUT2D eigenvalue weighted by atomic mass is 32.2. The van der Waals surface area contributed by atoms with Crippen LogP contribution in [0.3, 0.4) is 0 Å². The molecule has 1 saturated heterocycles. The number of rotatable bonds is 5.